The van der Waals surface area contributed by atoms with Crippen LogP contribution in [0.25, 0.3) is 11.3 Å². The van der Waals surface area contributed by atoms with Crippen molar-refractivity contribution in [1.29, 1.82) is 0 Å². The number of amides is 1. The maximum Gasteiger partial charge on any atom is 0.255 e. The Bertz CT molecular complexity index is 1140. The van der Waals surface area contributed by atoms with Crippen LogP contribution in [0, 0.1) is 0 Å². The van der Waals surface area contributed by atoms with Crippen molar-refractivity contribution < 1.29 is 23.7 Å². The molecule has 36 heavy (non-hydrogen) atoms. The minimum atomic E-state index is -0.286. The average molecular weight is 493 g/mol. The minimum Gasteiger partial charge on any atom is -0.490 e. The second-order valence-electron chi connectivity index (χ2n) is 8.01. The summed E-state index contributed by atoms with van der Waals surface area (Å²) in [6.45, 7) is 9.96. The second kappa shape index (κ2) is 12.2. The Balaban J connectivity index is 1.53. The fourth-order valence-electron chi connectivity index (χ4n) is 3.92. The van der Waals surface area contributed by atoms with Gasteiger partial charge >= 0.3 is 0 Å². The van der Waals surface area contributed by atoms with E-state index in [1.54, 1.807) is 12.1 Å². The van der Waals surface area contributed by atoms with Gasteiger partial charge in [0.2, 0.25) is 5.75 Å². The molecule has 1 aliphatic rings. The van der Waals surface area contributed by atoms with E-state index in [1.807, 2.05) is 57.2 Å². The van der Waals surface area contributed by atoms with Crippen molar-refractivity contribution in [2.75, 3.05) is 56.3 Å². The first-order valence-corrected chi connectivity index (χ1v) is 12.3. The molecule has 9 nitrogen and oxygen atoms in total. The largest absolute Gasteiger partial charge is 0.490 e. The van der Waals surface area contributed by atoms with E-state index < -0.39 is 0 Å². The molecule has 0 unspecified atom stereocenters. The summed E-state index contributed by atoms with van der Waals surface area (Å²) in [4.78, 5) is 15.3. The lowest BCUT2D eigenvalue weighted by Gasteiger charge is -2.27. The summed E-state index contributed by atoms with van der Waals surface area (Å²) in [5.74, 6) is 1.99. The molecule has 1 aliphatic heterocycles. The van der Waals surface area contributed by atoms with Crippen LogP contribution in [-0.2, 0) is 4.74 Å². The third kappa shape index (κ3) is 6.04. The SMILES string of the molecule is CCOc1cc(C(=O)Nc2cccc(-c3ccc(N4CCOCC4)nn3)c2)cc(OCC)c1OCC. The molecule has 0 saturated carbocycles. The molecule has 3 aromatic rings. The van der Waals surface area contributed by atoms with Crippen LogP contribution in [0.1, 0.15) is 31.1 Å². The number of ether oxygens (including phenoxy) is 4. The Morgan fingerprint density at radius 2 is 1.61 bits per heavy atom. The molecule has 0 spiro atoms. The Kier molecular flexibility index (Phi) is 8.57. The predicted molar refractivity (Wildman–Crippen MR) is 138 cm³/mol. The van der Waals surface area contributed by atoms with Gasteiger partial charge in [-0.3, -0.25) is 4.79 Å². The predicted octanol–water partition coefficient (Wildman–Crippen LogP) is 4.43. The Labute approximate surface area is 211 Å². The lowest BCUT2D eigenvalue weighted by molar-refractivity contribution is 0.102. The fraction of sp³-hybridized carbons (Fsp3) is 0.370. The van der Waals surface area contributed by atoms with E-state index in [-0.39, 0.29) is 5.91 Å². The minimum absolute atomic E-state index is 0.286. The summed E-state index contributed by atoms with van der Waals surface area (Å²) in [6, 6.07) is 14.8. The molecule has 0 aliphatic carbocycles. The van der Waals surface area contributed by atoms with E-state index in [2.05, 4.69) is 20.4 Å². The van der Waals surface area contributed by atoms with Crippen molar-refractivity contribution in [2.45, 2.75) is 20.8 Å². The molecule has 9 heteroatoms. The quantitative estimate of drug-likeness (QED) is 0.444. The first-order chi connectivity index (χ1) is 17.6. The molecular formula is C27H32N4O5. The topological polar surface area (TPSA) is 95.0 Å². The monoisotopic (exact) mass is 492 g/mol. The van der Waals surface area contributed by atoms with Gasteiger partial charge in [-0.05, 0) is 57.2 Å². The van der Waals surface area contributed by atoms with Crippen LogP contribution in [0.2, 0.25) is 0 Å². The van der Waals surface area contributed by atoms with E-state index in [1.165, 1.54) is 0 Å². The zero-order valence-electron chi connectivity index (χ0n) is 21.0. The fourth-order valence-corrected chi connectivity index (χ4v) is 3.92. The average Bonchev–Trinajstić information content (AvgIpc) is 2.91. The van der Waals surface area contributed by atoms with Crippen molar-refractivity contribution in [3.8, 4) is 28.5 Å². The standard InChI is InChI=1S/C27H32N4O5/c1-4-34-23-17-20(18-24(35-5-2)26(23)36-6-3)27(32)28-21-9-7-8-19(16-21)22-10-11-25(30-29-22)31-12-14-33-15-13-31/h7-11,16-18H,4-6,12-15H2,1-3H3,(H,28,32). The van der Waals surface area contributed by atoms with Crippen molar-refractivity contribution in [3.63, 3.8) is 0 Å². The van der Waals surface area contributed by atoms with Gasteiger partial charge in [0.05, 0.1) is 38.7 Å². The lowest BCUT2D eigenvalue weighted by atomic mass is 10.1. The first kappa shape index (κ1) is 25.2. The molecule has 190 valence electrons. The first-order valence-electron chi connectivity index (χ1n) is 12.3. The van der Waals surface area contributed by atoms with Gasteiger partial charge in [-0.2, -0.15) is 0 Å². The summed E-state index contributed by atoms with van der Waals surface area (Å²) in [5.41, 5.74) is 2.62. The number of aromatic nitrogens is 2. The molecule has 0 radical (unpaired) electrons. The number of rotatable bonds is 10. The normalized spacial score (nSPS) is 13.2. The van der Waals surface area contributed by atoms with Gasteiger partial charge in [0.15, 0.2) is 17.3 Å². The molecule has 2 aromatic carbocycles. The Morgan fingerprint density at radius 1 is 0.917 bits per heavy atom. The highest BCUT2D eigenvalue weighted by atomic mass is 16.5. The molecule has 1 aromatic heterocycles. The molecule has 1 amide bonds. The molecule has 1 fully saturated rings. The number of carbonyl (C=O) groups excluding carboxylic acids is 1. The summed E-state index contributed by atoms with van der Waals surface area (Å²) in [7, 11) is 0. The number of anilines is 2. The summed E-state index contributed by atoms with van der Waals surface area (Å²) < 4.78 is 22.6. The van der Waals surface area contributed by atoms with E-state index >= 15 is 0 Å². The number of carbonyl (C=O) groups is 1. The van der Waals surface area contributed by atoms with Gasteiger partial charge < -0.3 is 29.2 Å². The van der Waals surface area contributed by atoms with Crippen LogP contribution in [-0.4, -0.2) is 62.2 Å². The zero-order valence-corrected chi connectivity index (χ0v) is 21.0. The zero-order chi connectivity index (χ0) is 25.3. The van der Waals surface area contributed by atoms with Gasteiger partial charge in [0.25, 0.3) is 5.91 Å². The summed E-state index contributed by atoms with van der Waals surface area (Å²) in [5, 5.41) is 11.8. The van der Waals surface area contributed by atoms with Crippen LogP contribution in [0.4, 0.5) is 11.5 Å². The van der Waals surface area contributed by atoms with E-state index in [9.17, 15) is 4.79 Å². The van der Waals surface area contributed by atoms with Crippen LogP contribution in [0.3, 0.4) is 0 Å². The number of nitrogens with one attached hydrogen (secondary N) is 1. The smallest absolute Gasteiger partial charge is 0.255 e. The summed E-state index contributed by atoms with van der Waals surface area (Å²) >= 11 is 0. The number of hydrogen-bond donors (Lipinski definition) is 1. The van der Waals surface area contributed by atoms with E-state index in [0.717, 1.165) is 30.2 Å². The van der Waals surface area contributed by atoms with Crippen molar-refractivity contribution >= 4 is 17.4 Å². The molecule has 4 rings (SSSR count). The molecule has 1 N–H and O–H groups in total. The maximum atomic E-state index is 13.2. The number of hydrogen-bond acceptors (Lipinski definition) is 8. The number of benzene rings is 2. The highest BCUT2D eigenvalue weighted by Crippen LogP contribution is 2.39. The van der Waals surface area contributed by atoms with Gasteiger partial charge in [-0.1, -0.05) is 12.1 Å². The van der Waals surface area contributed by atoms with Crippen LogP contribution in [0.5, 0.6) is 17.2 Å². The van der Waals surface area contributed by atoms with Gasteiger partial charge in [0.1, 0.15) is 0 Å². The number of nitrogens with zero attached hydrogens (tertiary/aromatic N) is 3. The van der Waals surface area contributed by atoms with E-state index in [0.29, 0.717) is 61.5 Å². The highest BCUT2D eigenvalue weighted by molar-refractivity contribution is 6.05. The third-order valence-corrected chi connectivity index (χ3v) is 5.57. The Morgan fingerprint density at radius 3 is 2.22 bits per heavy atom. The molecular weight excluding hydrogens is 460 g/mol. The molecule has 1 saturated heterocycles. The number of morpholine rings is 1. The van der Waals surface area contributed by atoms with Crippen molar-refractivity contribution in [1.82, 2.24) is 10.2 Å². The highest BCUT2D eigenvalue weighted by Gasteiger charge is 2.19. The third-order valence-electron chi connectivity index (χ3n) is 5.57. The molecule has 0 atom stereocenters. The second-order valence-corrected chi connectivity index (χ2v) is 8.01. The van der Waals surface area contributed by atoms with Gasteiger partial charge in [-0.15, -0.1) is 10.2 Å². The van der Waals surface area contributed by atoms with E-state index in [4.69, 9.17) is 18.9 Å². The van der Waals surface area contributed by atoms with Crippen LogP contribution >= 0.6 is 0 Å². The van der Waals surface area contributed by atoms with Crippen LogP contribution in [0.15, 0.2) is 48.5 Å². The van der Waals surface area contributed by atoms with Gasteiger partial charge in [0, 0.05) is 29.9 Å². The Hall–Kier alpha value is -3.85. The molecule has 0 bridgehead atoms. The van der Waals surface area contributed by atoms with Crippen molar-refractivity contribution in [2.24, 2.45) is 0 Å². The van der Waals surface area contributed by atoms with Crippen LogP contribution < -0.4 is 24.4 Å². The lowest BCUT2D eigenvalue weighted by Crippen LogP contribution is -2.36. The molecule has 2 heterocycles. The summed E-state index contributed by atoms with van der Waals surface area (Å²) in [6.07, 6.45) is 0. The van der Waals surface area contributed by atoms with Crippen molar-refractivity contribution in [3.05, 3.63) is 54.1 Å². The maximum absolute atomic E-state index is 13.2. The van der Waals surface area contributed by atoms with Gasteiger partial charge in [-0.25, -0.2) is 0 Å².